The number of likely N-dealkylation sites (N-methyl/N-ethyl adjacent to an activating group) is 1. The molecule has 4 nitrogen and oxygen atoms in total. The first-order chi connectivity index (χ1) is 9.47. The number of rotatable bonds is 5. The zero-order valence-corrected chi connectivity index (χ0v) is 12.6. The van der Waals surface area contributed by atoms with Gasteiger partial charge in [-0.15, -0.1) is 0 Å². The molecule has 0 aliphatic carbocycles. The van der Waals surface area contributed by atoms with Crippen LogP contribution in [0.25, 0.3) is 0 Å². The maximum atomic E-state index is 11.5. The molecule has 1 saturated heterocycles. The lowest BCUT2D eigenvalue weighted by molar-refractivity contribution is 0.101. The Morgan fingerprint density at radius 3 is 2.85 bits per heavy atom. The number of hydrogen-bond donors (Lipinski definition) is 1. The summed E-state index contributed by atoms with van der Waals surface area (Å²) in [6, 6.07) is 5.67. The van der Waals surface area contributed by atoms with Crippen molar-refractivity contribution >= 4 is 5.78 Å². The Kier molecular flexibility index (Phi) is 4.78. The average Bonchev–Trinajstić information content (AvgIpc) is 2.78. The molecule has 1 unspecified atom stereocenters. The van der Waals surface area contributed by atoms with Crippen LogP contribution < -0.4 is 0 Å². The lowest BCUT2D eigenvalue weighted by Crippen LogP contribution is -2.37. The van der Waals surface area contributed by atoms with Gasteiger partial charge in [-0.1, -0.05) is 0 Å². The second-order valence-electron chi connectivity index (χ2n) is 5.93. The molecule has 0 amide bonds. The summed E-state index contributed by atoms with van der Waals surface area (Å²) in [4.78, 5) is 16.1. The standard InChI is InChI=1S/C16H24N2O2/c1-12(19)13-6-7-16(20)14(9-13)10-18-8-4-5-15(18)11-17(2)3/h6-7,9,15,20H,4-5,8,10-11H2,1-3H3. The Morgan fingerprint density at radius 1 is 1.45 bits per heavy atom. The highest BCUT2D eigenvalue weighted by Gasteiger charge is 2.25. The minimum Gasteiger partial charge on any atom is -0.508 e. The minimum absolute atomic E-state index is 0.0394. The number of hydrogen-bond acceptors (Lipinski definition) is 4. The number of likely N-dealkylation sites (tertiary alicyclic amines) is 1. The molecule has 0 bridgehead atoms. The Labute approximate surface area is 121 Å². The van der Waals surface area contributed by atoms with Gasteiger partial charge in [0.1, 0.15) is 5.75 Å². The molecule has 1 atom stereocenters. The molecule has 1 heterocycles. The normalized spacial score (nSPS) is 19.7. The van der Waals surface area contributed by atoms with Crippen LogP contribution in [0.4, 0.5) is 0 Å². The van der Waals surface area contributed by atoms with Crippen LogP contribution >= 0.6 is 0 Å². The smallest absolute Gasteiger partial charge is 0.159 e. The Hall–Kier alpha value is -1.39. The van der Waals surface area contributed by atoms with Gasteiger partial charge in [-0.3, -0.25) is 9.69 Å². The molecule has 1 aliphatic rings. The lowest BCUT2D eigenvalue weighted by Gasteiger charge is -2.27. The number of carbonyl (C=O) groups is 1. The molecular weight excluding hydrogens is 252 g/mol. The van der Waals surface area contributed by atoms with Crippen molar-refractivity contribution in [3.63, 3.8) is 0 Å². The number of aromatic hydroxyl groups is 1. The Balaban J connectivity index is 2.12. The van der Waals surface area contributed by atoms with E-state index in [4.69, 9.17) is 0 Å². The summed E-state index contributed by atoms with van der Waals surface area (Å²) >= 11 is 0. The molecule has 0 aromatic heterocycles. The molecule has 1 aliphatic heterocycles. The molecule has 4 heteroatoms. The monoisotopic (exact) mass is 276 g/mol. The average molecular weight is 276 g/mol. The van der Waals surface area contributed by atoms with E-state index < -0.39 is 0 Å². The molecule has 2 rings (SSSR count). The van der Waals surface area contributed by atoms with E-state index in [1.807, 2.05) is 6.07 Å². The zero-order chi connectivity index (χ0) is 14.7. The maximum absolute atomic E-state index is 11.5. The molecule has 20 heavy (non-hydrogen) atoms. The third-order valence-corrected chi connectivity index (χ3v) is 3.93. The van der Waals surface area contributed by atoms with Crippen LogP contribution in [0.1, 0.15) is 35.7 Å². The molecule has 1 fully saturated rings. The number of phenolic OH excluding ortho intramolecular Hbond substituents is 1. The number of ketones is 1. The van der Waals surface area contributed by atoms with Crippen LogP contribution in [0.2, 0.25) is 0 Å². The van der Waals surface area contributed by atoms with Gasteiger partial charge >= 0.3 is 0 Å². The Morgan fingerprint density at radius 2 is 2.20 bits per heavy atom. The number of Topliss-reactive ketones (excluding diaryl/α,β-unsaturated/α-hetero) is 1. The van der Waals surface area contributed by atoms with Crippen molar-refractivity contribution in [3.05, 3.63) is 29.3 Å². The zero-order valence-electron chi connectivity index (χ0n) is 12.6. The fourth-order valence-electron chi connectivity index (χ4n) is 2.88. The summed E-state index contributed by atoms with van der Waals surface area (Å²) in [6.45, 7) is 4.36. The number of nitrogens with zero attached hydrogens (tertiary/aromatic N) is 2. The molecular formula is C16H24N2O2. The van der Waals surface area contributed by atoms with E-state index in [1.54, 1.807) is 19.1 Å². The van der Waals surface area contributed by atoms with Crippen molar-refractivity contribution in [2.24, 2.45) is 0 Å². The largest absolute Gasteiger partial charge is 0.508 e. The molecule has 1 N–H and O–H groups in total. The molecule has 1 aromatic rings. The predicted molar refractivity (Wildman–Crippen MR) is 80.1 cm³/mol. The van der Waals surface area contributed by atoms with Crippen LogP contribution in [0.3, 0.4) is 0 Å². The van der Waals surface area contributed by atoms with Crippen molar-refractivity contribution in [2.45, 2.75) is 32.4 Å². The van der Waals surface area contributed by atoms with Gasteiger partial charge < -0.3 is 10.0 Å². The van der Waals surface area contributed by atoms with E-state index in [9.17, 15) is 9.90 Å². The van der Waals surface area contributed by atoms with Crippen LogP contribution in [-0.2, 0) is 6.54 Å². The number of carbonyl (C=O) groups excluding carboxylic acids is 1. The molecule has 110 valence electrons. The van der Waals surface area contributed by atoms with E-state index in [0.29, 0.717) is 18.2 Å². The molecule has 0 spiro atoms. The van der Waals surface area contributed by atoms with Crippen LogP contribution in [0.15, 0.2) is 18.2 Å². The van der Waals surface area contributed by atoms with Crippen molar-refractivity contribution in [3.8, 4) is 5.75 Å². The number of phenols is 1. The quantitative estimate of drug-likeness (QED) is 0.837. The summed E-state index contributed by atoms with van der Waals surface area (Å²) in [6.07, 6.45) is 2.40. The predicted octanol–water partition coefficient (Wildman–Crippen LogP) is 2.12. The van der Waals surface area contributed by atoms with E-state index in [0.717, 1.165) is 18.7 Å². The molecule has 1 aromatic carbocycles. The highest BCUT2D eigenvalue weighted by atomic mass is 16.3. The van der Waals surface area contributed by atoms with Crippen molar-refractivity contribution < 1.29 is 9.90 Å². The van der Waals surface area contributed by atoms with E-state index in [2.05, 4.69) is 23.9 Å². The van der Waals surface area contributed by atoms with E-state index >= 15 is 0 Å². The highest BCUT2D eigenvalue weighted by Crippen LogP contribution is 2.25. The third kappa shape index (κ3) is 3.58. The SMILES string of the molecule is CC(=O)c1ccc(O)c(CN2CCCC2CN(C)C)c1. The van der Waals surface area contributed by atoms with Crippen molar-refractivity contribution in [1.82, 2.24) is 9.80 Å². The van der Waals surface area contributed by atoms with Crippen LogP contribution in [0, 0.1) is 0 Å². The molecule has 0 radical (unpaired) electrons. The lowest BCUT2D eigenvalue weighted by atomic mass is 10.1. The summed E-state index contributed by atoms with van der Waals surface area (Å²) < 4.78 is 0. The van der Waals surface area contributed by atoms with Gasteiger partial charge in [-0.05, 0) is 58.6 Å². The van der Waals surface area contributed by atoms with E-state index in [-0.39, 0.29) is 11.5 Å². The van der Waals surface area contributed by atoms with Crippen LogP contribution in [-0.4, -0.2) is 53.9 Å². The first-order valence-electron chi connectivity index (χ1n) is 7.19. The van der Waals surface area contributed by atoms with Crippen LogP contribution in [0.5, 0.6) is 5.75 Å². The minimum atomic E-state index is 0.0394. The molecule has 0 saturated carbocycles. The summed E-state index contributed by atoms with van der Waals surface area (Å²) in [5.74, 6) is 0.322. The first kappa shape index (κ1) is 15.0. The van der Waals surface area contributed by atoms with Gasteiger partial charge in [0.25, 0.3) is 0 Å². The number of benzene rings is 1. The highest BCUT2D eigenvalue weighted by molar-refractivity contribution is 5.94. The van der Waals surface area contributed by atoms with E-state index in [1.165, 1.54) is 12.8 Å². The first-order valence-corrected chi connectivity index (χ1v) is 7.19. The maximum Gasteiger partial charge on any atom is 0.159 e. The summed E-state index contributed by atoms with van der Waals surface area (Å²) in [7, 11) is 4.18. The summed E-state index contributed by atoms with van der Waals surface area (Å²) in [5.41, 5.74) is 1.52. The van der Waals surface area contributed by atoms with Gasteiger partial charge in [0.05, 0.1) is 0 Å². The fourth-order valence-corrected chi connectivity index (χ4v) is 2.88. The van der Waals surface area contributed by atoms with Gasteiger partial charge in [0, 0.05) is 30.3 Å². The van der Waals surface area contributed by atoms with Crippen molar-refractivity contribution in [2.75, 3.05) is 27.2 Å². The Bertz CT molecular complexity index is 485. The third-order valence-electron chi connectivity index (χ3n) is 3.93. The second-order valence-corrected chi connectivity index (χ2v) is 5.93. The van der Waals surface area contributed by atoms with Gasteiger partial charge in [-0.2, -0.15) is 0 Å². The second kappa shape index (κ2) is 6.37. The topological polar surface area (TPSA) is 43.8 Å². The fraction of sp³-hybridized carbons (Fsp3) is 0.562. The van der Waals surface area contributed by atoms with Gasteiger partial charge in [-0.25, -0.2) is 0 Å². The van der Waals surface area contributed by atoms with Gasteiger partial charge in [0.15, 0.2) is 5.78 Å². The summed E-state index contributed by atoms with van der Waals surface area (Å²) in [5, 5.41) is 10.00. The van der Waals surface area contributed by atoms with Crippen molar-refractivity contribution in [1.29, 1.82) is 0 Å². The van der Waals surface area contributed by atoms with Gasteiger partial charge in [0.2, 0.25) is 0 Å².